The number of aromatic amines is 1. The number of hydrazone groups is 1. The quantitative estimate of drug-likeness (QED) is 0.342. The van der Waals surface area contributed by atoms with Crippen molar-refractivity contribution in [2.24, 2.45) is 12.1 Å². The van der Waals surface area contributed by atoms with Crippen LogP contribution in [0.5, 0.6) is 11.5 Å². The van der Waals surface area contributed by atoms with Gasteiger partial charge in [0.05, 0.1) is 26.0 Å². The summed E-state index contributed by atoms with van der Waals surface area (Å²) in [5.74, 6) is 0.489. The molecule has 1 aromatic carbocycles. The van der Waals surface area contributed by atoms with Crippen molar-refractivity contribution in [2.75, 3.05) is 12.5 Å². The normalized spacial score (nSPS) is 12.6. The Labute approximate surface area is 158 Å². The van der Waals surface area contributed by atoms with Gasteiger partial charge in [0.2, 0.25) is 5.95 Å². The number of H-pyrrole nitrogens is 1. The molecule has 11 nitrogen and oxygen atoms in total. The third-order valence-electron chi connectivity index (χ3n) is 4.04. The molecule has 0 aliphatic rings. The number of benzene rings is 1. The van der Waals surface area contributed by atoms with Gasteiger partial charge in [-0.25, -0.2) is 10.2 Å². The first-order chi connectivity index (χ1) is 13.3. The molecule has 2 aromatic heterocycles. The van der Waals surface area contributed by atoms with Gasteiger partial charge in [-0.1, -0.05) is 0 Å². The molecular formula is C17H20N6O5. The highest BCUT2D eigenvalue weighted by Gasteiger charge is 2.18. The number of aliphatic hydroxyl groups excluding tert-OH is 1. The number of imidazole rings is 1. The van der Waals surface area contributed by atoms with Crippen LogP contribution in [0.2, 0.25) is 0 Å². The van der Waals surface area contributed by atoms with Crippen LogP contribution in [0.4, 0.5) is 5.95 Å². The van der Waals surface area contributed by atoms with Gasteiger partial charge in [0, 0.05) is 7.05 Å². The standard InChI is InChI=1S/C17H20N6O5/c1-9(24)8-23-13-14(22(2)17(27)20-15(13)26)19-16(23)21-18-7-10-4-5-11(25)12(6-10)28-3/h4-7,9,24-25H,8H2,1-3H3,(H,19,21)(H,20,26,27). The number of phenols is 1. The van der Waals surface area contributed by atoms with Gasteiger partial charge in [-0.05, 0) is 30.7 Å². The van der Waals surface area contributed by atoms with E-state index in [4.69, 9.17) is 4.74 Å². The molecule has 0 radical (unpaired) electrons. The fourth-order valence-electron chi connectivity index (χ4n) is 2.70. The highest BCUT2D eigenvalue weighted by atomic mass is 16.5. The fraction of sp³-hybridized carbons (Fsp3) is 0.294. The van der Waals surface area contributed by atoms with Crippen LogP contribution in [0.1, 0.15) is 12.5 Å². The highest BCUT2D eigenvalue weighted by Crippen LogP contribution is 2.25. The second-order valence-electron chi connectivity index (χ2n) is 6.19. The van der Waals surface area contributed by atoms with Crippen molar-refractivity contribution < 1.29 is 14.9 Å². The molecule has 148 valence electrons. The molecule has 3 rings (SSSR count). The van der Waals surface area contributed by atoms with Crippen molar-refractivity contribution in [3.8, 4) is 11.5 Å². The van der Waals surface area contributed by atoms with Gasteiger partial charge in [-0.15, -0.1) is 0 Å². The summed E-state index contributed by atoms with van der Waals surface area (Å²) in [7, 11) is 2.92. The topological polar surface area (TPSA) is 147 Å². The molecule has 2 heterocycles. The number of nitrogens with one attached hydrogen (secondary N) is 2. The molecule has 0 saturated carbocycles. The monoisotopic (exact) mass is 388 g/mol. The molecule has 28 heavy (non-hydrogen) atoms. The number of rotatable bonds is 6. The van der Waals surface area contributed by atoms with Gasteiger partial charge in [0.1, 0.15) is 0 Å². The largest absolute Gasteiger partial charge is 0.504 e. The van der Waals surface area contributed by atoms with Crippen LogP contribution < -0.4 is 21.4 Å². The van der Waals surface area contributed by atoms with E-state index < -0.39 is 17.4 Å². The number of aromatic nitrogens is 4. The maximum Gasteiger partial charge on any atom is 0.329 e. The number of hydrogen-bond donors (Lipinski definition) is 4. The third-order valence-corrected chi connectivity index (χ3v) is 4.04. The van der Waals surface area contributed by atoms with Gasteiger partial charge in [0.15, 0.2) is 22.7 Å². The van der Waals surface area contributed by atoms with Crippen LogP contribution in [-0.4, -0.2) is 48.7 Å². The lowest BCUT2D eigenvalue weighted by molar-refractivity contribution is 0.175. The SMILES string of the molecule is COc1cc(C=NNc2nc3c(c(=O)[nH]c(=O)n3C)n2CC(C)O)ccc1O. The van der Waals surface area contributed by atoms with Gasteiger partial charge in [0.25, 0.3) is 5.56 Å². The maximum absolute atomic E-state index is 12.3. The van der Waals surface area contributed by atoms with E-state index in [2.05, 4.69) is 20.5 Å². The fourth-order valence-corrected chi connectivity index (χ4v) is 2.70. The van der Waals surface area contributed by atoms with E-state index in [1.165, 1.54) is 35.6 Å². The Morgan fingerprint density at radius 1 is 1.43 bits per heavy atom. The van der Waals surface area contributed by atoms with E-state index in [1.807, 2.05) is 0 Å². The number of phenolic OH excluding ortho intramolecular Hbond substituents is 1. The number of methoxy groups -OCH3 is 1. The first kappa shape index (κ1) is 19.2. The Balaban J connectivity index is 2.00. The number of hydrogen-bond acceptors (Lipinski definition) is 8. The second kappa shape index (κ2) is 7.56. The van der Waals surface area contributed by atoms with Crippen LogP contribution in [0, 0.1) is 0 Å². The molecule has 0 aliphatic heterocycles. The Hall–Kier alpha value is -3.60. The minimum Gasteiger partial charge on any atom is -0.504 e. The minimum atomic E-state index is -0.764. The summed E-state index contributed by atoms with van der Waals surface area (Å²) in [5.41, 5.74) is 2.48. The van der Waals surface area contributed by atoms with Gasteiger partial charge < -0.3 is 19.5 Å². The molecule has 0 bridgehead atoms. The number of aryl methyl sites for hydroxylation is 1. The first-order valence-corrected chi connectivity index (χ1v) is 8.35. The molecule has 0 saturated heterocycles. The lowest BCUT2D eigenvalue weighted by Crippen LogP contribution is -2.29. The van der Waals surface area contributed by atoms with Crippen molar-refractivity contribution >= 4 is 23.3 Å². The Bertz CT molecular complexity index is 1160. The summed E-state index contributed by atoms with van der Waals surface area (Å²) < 4.78 is 7.70. The zero-order chi connectivity index (χ0) is 20.4. The Morgan fingerprint density at radius 2 is 2.18 bits per heavy atom. The number of fused-ring (bicyclic) bond motifs is 1. The van der Waals surface area contributed by atoms with Gasteiger partial charge >= 0.3 is 5.69 Å². The highest BCUT2D eigenvalue weighted by molar-refractivity contribution is 5.81. The van der Waals surface area contributed by atoms with Crippen LogP contribution >= 0.6 is 0 Å². The number of aliphatic hydroxyl groups is 1. The zero-order valence-electron chi connectivity index (χ0n) is 15.5. The van der Waals surface area contributed by atoms with E-state index in [0.29, 0.717) is 11.3 Å². The average molecular weight is 388 g/mol. The number of aromatic hydroxyl groups is 1. The summed E-state index contributed by atoms with van der Waals surface area (Å²) >= 11 is 0. The first-order valence-electron chi connectivity index (χ1n) is 8.35. The van der Waals surface area contributed by atoms with E-state index in [0.717, 1.165) is 0 Å². The maximum atomic E-state index is 12.3. The molecule has 0 fully saturated rings. The summed E-state index contributed by atoms with van der Waals surface area (Å²) in [5, 5.41) is 23.5. The number of anilines is 1. The Morgan fingerprint density at radius 3 is 2.86 bits per heavy atom. The van der Waals surface area contributed by atoms with E-state index in [1.54, 1.807) is 19.1 Å². The second-order valence-corrected chi connectivity index (χ2v) is 6.19. The zero-order valence-corrected chi connectivity index (χ0v) is 15.5. The van der Waals surface area contributed by atoms with E-state index >= 15 is 0 Å². The van der Waals surface area contributed by atoms with Crippen LogP contribution in [0.15, 0.2) is 32.9 Å². The molecule has 3 aromatic rings. The molecular weight excluding hydrogens is 368 g/mol. The molecule has 0 aliphatic carbocycles. The Kier molecular flexibility index (Phi) is 5.18. The molecule has 4 N–H and O–H groups in total. The van der Waals surface area contributed by atoms with Crippen molar-refractivity contribution in [1.82, 2.24) is 19.1 Å². The van der Waals surface area contributed by atoms with Crippen LogP contribution in [-0.2, 0) is 13.6 Å². The van der Waals surface area contributed by atoms with Crippen molar-refractivity contribution in [3.05, 3.63) is 44.6 Å². The van der Waals surface area contributed by atoms with Crippen molar-refractivity contribution in [3.63, 3.8) is 0 Å². The number of nitrogens with zero attached hydrogens (tertiary/aromatic N) is 4. The number of ether oxygens (including phenoxy) is 1. The molecule has 11 heteroatoms. The lowest BCUT2D eigenvalue weighted by Gasteiger charge is -2.09. The van der Waals surface area contributed by atoms with Crippen molar-refractivity contribution in [2.45, 2.75) is 19.6 Å². The smallest absolute Gasteiger partial charge is 0.329 e. The minimum absolute atomic E-state index is 0.00600. The third kappa shape index (κ3) is 3.60. The van der Waals surface area contributed by atoms with Crippen LogP contribution in [0.25, 0.3) is 11.2 Å². The van der Waals surface area contributed by atoms with Crippen LogP contribution in [0.3, 0.4) is 0 Å². The molecule has 0 spiro atoms. The molecule has 0 amide bonds. The lowest BCUT2D eigenvalue weighted by atomic mass is 10.2. The molecule has 1 unspecified atom stereocenters. The predicted octanol–water partition coefficient (Wildman–Crippen LogP) is -0.0357. The molecule has 1 atom stereocenters. The van der Waals surface area contributed by atoms with E-state index in [-0.39, 0.29) is 29.4 Å². The van der Waals surface area contributed by atoms with Crippen molar-refractivity contribution in [1.29, 1.82) is 0 Å². The summed E-state index contributed by atoms with van der Waals surface area (Å²) in [6, 6.07) is 4.70. The summed E-state index contributed by atoms with van der Waals surface area (Å²) in [4.78, 5) is 30.5. The summed E-state index contributed by atoms with van der Waals surface area (Å²) in [6.45, 7) is 1.64. The van der Waals surface area contributed by atoms with E-state index in [9.17, 15) is 19.8 Å². The average Bonchev–Trinajstić information content (AvgIpc) is 2.99. The van der Waals surface area contributed by atoms with Gasteiger partial charge in [-0.2, -0.15) is 10.1 Å². The predicted molar refractivity (Wildman–Crippen MR) is 103 cm³/mol. The summed E-state index contributed by atoms with van der Waals surface area (Å²) in [6.07, 6.45) is 0.706. The van der Waals surface area contributed by atoms with Gasteiger partial charge in [-0.3, -0.25) is 14.3 Å².